The van der Waals surface area contributed by atoms with Gasteiger partial charge in [0, 0.05) is 31.9 Å². The summed E-state index contributed by atoms with van der Waals surface area (Å²) in [5.41, 5.74) is 0.858. The molecule has 0 unspecified atom stereocenters. The van der Waals surface area contributed by atoms with Gasteiger partial charge in [0.2, 0.25) is 18.3 Å². The second kappa shape index (κ2) is 15.3. The Morgan fingerprint density at radius 2 is 1.85 bits per heavy atom. The molecule has 1 aliphatic carbocycles. The Morgan fingerprint density at radius 1 is 1.09 bits per heavy atom. The van der Waals surface area contributed by atoms with E-state index in [1.807, 2.05) is 44.4 Å². The lowest BCUT2D eigenvalue weighted by Gasteiger charge is -2.34. The van der Waals surface area contributed by atoms with E-state index >= 15 is 0 Å². The topological polar surface area (TPSA) is 152 Å². The maximum absolute atomic E-state index is 14.3. The zero-order valence-corrected chi connectivity index (χ0v) is 26.5. The average molecular weight is 637 g/mol. The van der Waals surface area contributed by atoms with E-state index in [0.717, 1.165) is 65.8 Å². The van der Waals surface area contributed by atoms with Crippen LogP contribution in [0.2, 0.25) is 0 Å². The standard InChI is InChI=1S/C32H44N8O6/c1-36(2)26-13-16-37(20-26)31-33-15-12-28(35-31)34-29(42)27-14-17-39(32(44)45)40(27)30(43)25(18-23-8-6-7-9-23)19-38(22-41)46-21-24-10-4-3-5-11-24/h3-5,10-12,15,22-23,25-27H,6-9,13-14,16-21H2,1-2H3,(H,44,45)(H,33,34,35,42)/t25-,26+,27+/m1/s1. The van der Waals surface area contributed by atoms with Crippen LogP contribution in [-0.4, -0.2) is 112 Å². The minimum absolute atomic E-state index is 0.0219. The van der Waals surface area contributed by atoms with Crippen LogP contribution >= 0.6 is 0 Å². The molecule has 5 rings (SSSR count). The SMILES string of the molecule is CN(C)[C@H]1CCN(c2nccc(NC(=O)[C@@H]3CCN(C(=O)O)N3C(=O)[C@H](CC3CCCC3)CN(C=O)OCc3ccccc3)n2)C1. The van der Waals surface area contributed by atoms with Crippen molar-refractivity contribution in [1.29, 1.82) is 0 Å². The van der Waals surface area contributed by atoms with Crippen LogP contribution in [0, 0.1) is 11.8 Å². The summed E-state index contributed by atoms with van der Waals surface area (Å²) < 4.78 is 0. The highest BCUT2D eigenvalue weighted by Crippen LogP contribution is 2.33. The average Bonchev–Trinajstić information content (AvgIpc) is 3.84. The fourth-order valence-corrected chi connectivity index (χ4v) is 6.63. The van der Waals surface area contributed by atoms with E-state index in [1.54, 1.807) is 12.3 Å². The van der Waals surface area contributed by atoms with Gasteiger partial charge in [0.1, 0.15) is 18.5 Å². The molecule has 2 aromatic rings. The number of nitrogens with one attached hydrogen (secondary N) is 1. The lowest BCUT2D eigenvalue weighted by Crippen LogP contribution is -2.54. The number of hydroxylamine groups is 2. The van der Waals surface area contributed by atoms with Crippen LogP contribution < -0.4 is 10.2 Å². The molecule has 2 aliphatic heterocycles. The van der Waals surface area contributed by atoms with E-state index in [1.165, 1.54) is 0 Å². The van der Waals surface area contributed by atoms with Gasteiger partial charge in [-0.15, -0.1) is 0 Å². The molecule has 46 heavy (non-hydrogen) atoms. The molecule has 1 aromatic heterocycles. The molecule has 3 fully saturated rings. The van der Waals surface area contributed by atoms with Gasteiger partial charge in [-0.1, -0.05) is 56.0 Å². The van der Waals surface area contributed by atoms with Gasteiger partial charge in [-0.3, -0.25) is 19.2 Å². The fourth-order valence-electron chi connectivity index (χ4n) is 6.63. The van der Waals surface area contributed by atoms with Gasteiger partial charge in [-0.25, -0.2) is 24.9 Å². The Balaban J connectivity index is 1.32. The number of rotatable bonds is 13. The van der Waals surface area contributed by atoms with Crippen molar-refractivity contribution in [2.45, 2.75) is 63.6 Å². The van der Waals surface area contributed by atoms with Crippen LogP contribution in [0.4, 0.5) is 16.6 Å². The molecule has 0 bridgehead atoms. The second-order valence-corrected chi connectivity index (χ2v) is 12.5. The quantitative estimate of drug-likeness (QED) is 0.248. The molecule has 3 atom stereocenters. The number of anilines is 2. The van der Waals surface area contributed by atoms with Crippen LogP contribution in [0.1, 0.15) is 50.5 Å². The number of likely N-dealkylation sites (N-methyl/N-ethyl adjacent to an activating group) is 1. The number of carbonyl (C=O) groups excluding carboxylic acids is 3. The Kier molecular flexibility index (Phi) is 11.0. The third-order valence-corrected chi connectivity index (χ3v) is 9.19. The molecule has 3 heterocycles. The maximum atomic E-state index is 14.3. The van der Waals surface area contributed by atoms with Gasteiger partial charge in [0.05, 0.1) is 12.5 Å². The molecular formula is C32H44N8O6. The van der Waals surface area contributed by atoms with E-state index in [4.69, 9.17) is 4.84 Å². The molecule has 2 saturated heterocycles. The number of hydrazine groups is 1. The smallest absolute Gasteiger partial charge is 0.426 e. The number of aromatic nitrogens is 2. The number of benzene rings is 1. The molecule has 4 amide bonds. The van der Waals surface area contributed by atoms with Gasteiger partial charge in [-0.05, 0) is 50.9 Å². The van der Waals surface area contributed by atoms with Crippen molar-refractivity contribution < 1.29 is 29.1 Å². The third kappa shape index (κ3) is 8.10. The number of nitrogens with zero attached hydrogens (tertiary/aromatic N) is 7. The first kappa shape index (κ1) is 33.1. The van der Waals surface area contributed by atoms with Crippen molar-refractivity contribution in [3.8, 4) is 0 Å². The van der Waals surface area contributed by atoms with Crippen molar-refractivity contribution in [3.63, 3.8) is 0 Å². The predicted molar refractivity (Wildman–Crippen MR) is 169 cm³/mol. The Morgan fingerprint density at radius 3 is 2.52 bits per heavy atom. The first-order valence-corrected chi connectivity index (χ1v) is 16.0. The second-order valence-electron chi connectivity index (χ2n) is 12.5. The summed E-state index contributed by atoms with van der Waals surface area (Å²) in [7, 11) is 4.07. The number of carboxylic acid groups (broad SMARTS) is 1. The lowest BCUT2D eigenvalue weighted by atomic mass is 9.92. The highest BCUT2D eigenvalue weighted by atomic mass is 16.7. The van der Waals surface area contributed by atoms with Gasteiger partial charge >= 0.3 is 6.09 Å². The van der Waals surface area contributed by atoms with Crippen molar-refractivity contribution >= 4 is 36.1 Å². The Hall–Kier alpha value is -4.30. The molecular weight excluding hydrogens is 592 g/mol. The first-order valence-electron chi connectivity index (χ1n) is 16.0. The largest absolute Gasteiger partial charge is 0.464 e. The van der Waals surface area contributed by atoms with E-state index < -0.39 is 29.9 Å². The van der Waals surface area contributed by atoms with Crippen LogP contribution in [0.15, 0.2) is 42.6 Å². The van der Waals surface area contributed by atoms with E-state index in [0.29, 0.717) is 24.8 Å². The van der Waals surface area contributed by atoms with Crippen molar-refractivity contribution in [1.82, 2.24) is 29.9 Å². The van der Waals surface area contributed by atoms with Crippen molar-refractivity contribution in [2.24, 2.45) is 11.8 Å². The van der Waals surface area contributed by atoms with Gasteiger partial charge < -0.3 is 20.2 Å². The fraction of sp³-hybridized carbons (Fsp3) is 0.562. The Bertz CT molecular complexity index is 1360. The molecule has 1 aromatic carbocycles. The maximum Gasteiger partial charge on any atom is 0.426 e. The van der Waals surface area contributed by atoms with E-state index in [2.05, 4.69) is 25.1 Å². The van der Waals surface area contributed by atoms with Gasteiger partial charge in [0.25, 0.3) is 5.91 Å². The zero-order valence-electron chi connectivity index (χ0n) is 26.5. The first-order chi connectivity index (χ1) is 22.2. The monoisotopic (exact) mass is 636 g/mol. The summed E-state index contributed by atoms with van der Waals surface area (Å²) in [6, 6.07) is 10.2. The summed E-state index contributed by atoms with van der Waals surface area (Å²) in [5, 5.41) is 15.9. The number of hydrogen-bond acceptors (Lipinski definition) is 9. The third-order valence-electron chi connectivity index (χ3n) is 9.19. The van der Waals surface area contributed by atoms with Crippen molar-refractivity contribution in [2.75, 3.05) is 50.5 Å². The minimum atomic E-state index is -1.33. The summed E-state index contributed by atoms with van der Waals surface area (Å²) in [4.78, 5) is 71.2. The molecule has 2 N–H and O–H groups in total. The van der Waals surface area contributed by atoms with Crippen LogP contribution in [-0.2, 0) is 25.8 Å². The van der Waals surface area contributed by atoms with Gasteiger partial charge in [-0.2, -0.15) is 4.98 Å². The molecule has 248 valence electrons. The molecule has 3 aliphatic rings. The molecule has 14 heteroatoms. The van der Waals surface area contributed by atoms with Gasteiger partial charge in [0.15, 0.2) is 0 Å². The number of amides is 4. The summed E-state index contributed by atoms with van der Waals surface area (Å²) in [5.74, 6) is -0.825. The normalized spacial score (nSPS) is 20.7. The molecule has 0 radical (unpaired) electrons. The summed E-state index contributed by atoms with van der Waals surface area (Å²) in [6.07, 6.45) is 6.33. The molecule has 0 spiro atoms. The van der Waals surface area contributed by atoms with E-state index in [-0.39, 0.29) is 37.9 Å². The van der Waals surface area contributed by atoms with E-state index in [9.17, 15) is 24.3 Å². The molecule has 1 saturated carbocycles. The summed E-state index contributed by atoms with van der Waals surface area (Å²) >= 11 is 0. The number of hydrogen-bond donors (Lipinski definition) is 2. The predicted octanol–water partition coefficient (Wildman–Crippen LogP) is 2.84. The minimum Gasteiger partial charge on any atom is -0.464 e. The Labute approximate surface area is 269 Å². The zero-order chi connectivity index (χ0) is 32.6. The van der Waals surface area contributed by atoms with Crippen LogP contribution in [0.25, 0.3) is 0 Å². The lowest BCUT2D eigenvalue weighted by molar-refractivity contribution is -0.185. The number of carbonyl (C=O) groups is 4. The molecule has 14 nitrogen and oxygen atoms in total. The van der Waals surface area contributed by atoms with Crippen molar-refractivity contribution in [3.05, 3.63) is 48.2 Å². The highest BCUT2D eigenvalue weighted by Gasteiger charge is 2.45. The summed E-state index contributed by atoms with van der Waals surface area (Å²) in [6.45, 7) is 1.59. The highest BCUT2D eigenvalue weighted by molar-refractivity contribution is 5.98. The van der Waals surface area contributed by atoms with Crippen LogP contribution in [0.3, 0.4) is 0 Å². The van der Waals surface area contributed by atoms with Crippen LogP contribution in [0.5, 0.6) is 0 Å².